The smallest absolute Gasteiger partial charge is 0.380 e. The molecule has 0 unspecified atom stereocenters. The van der Waals surface area contributed by atoms with Gasteiger partial charge in [0.2, 0.25) is 5.95 Å². The molecule has 1 aromatic carbocycles. The average Bonchev–Trinajstić information content (AvgIpc) is 3.50. The zero-order chi connectivity index (χ0) is 27.9. The van der Waals surface area contributed by atoms with Crippen LogP contribution in [0.3, 0.4) is 0 Å². The number of nitrogens with one attached hydrogen (secondary N) is 2. The van der Waals surface area contributed by atoms with Gasteiger partial charge in [-0.1, -0.05) is 6.07 Å². The zero-order valence-corrected chi connectivity index (χ0v) is 23.7. The van der Waals surface area contributed by atoms with E-state index in [1.807, 2.05) is 18.0 Å². The molecular weight excluding hydrogens is 528 g/mol. The van der Waals surface area contributed by atoms with Gasteiger partial charge >= 0.3 is 6.18 Å². The lowest BCUT2D eigenvalue weighted by Gasteiger charge is -2.26. The third-order valence-corrected chi connectivity index (χ3v) is 9.37. The van der Waals surface area contributed by atoms with E-state index in [0.29, 0.717) is 47.6 Å². The number of halogens is 3. The lowest BCUT2D eigenvalue weighted by atomic mass is 10.1. The highest BCUT2D eigenvalue weighted by molar-refractivity contribution is 7.71. The van der Waals surface area contributed by atoms with Crippen LogP contribution in [-0.2, 0) is 15.5 Å². The predicted molar refractivity (Wildman–Crippen MR) is 150 cm³/mol. The summed E-state index contributed by atoms with van der Waals surface area (Å²) in [6.45, 7) is 6.09. The van der Waals surface area contributed by atoms with Gasteiger partial charge in [-0.05, 0) is 52.1 Å². The number of hydrogen-bond donors (Lipinski definition) is 2. The highest BCUT2D eigenvalue weighted by Crippen LogP contribution is 2.44. The molecule has 1 fully saturated rings. The molecule has 212 valence electrons. The summed E-state index contributed by atoms with van der Waals surface area (Å²) in [7, 11) is 1.18. The van der Waals surface area contributed by atoms with Crippen molar-refractivity contribution in [3.05, 3.63) is 30.1 Å². The van der Waals surface area contributed by atoms with Gasteiger partial charge in [-0.3, -0.25) is 0 Å². The maximum absolute atomic E-state index is 14.1. The number of aromatic amines is 1. The van der Waals surface area contributed by atoms with Crippen LogP contribution in [0, 0.1) is 0 Å². The summed E-state index contributed by atoms with van der Waals surface area (Å²) in [6, 6.07) is 4.05. The SMILES string of the molecule is CN1CCCOCCN(C)[C@H]2CC[C@@H](C2)Nc2ncc(C(F)(F)F)c(n2)-c2c[nH]c3c(P(C)(C)=O)c1ccc23. The molecule has 6 rings (SSSR count). The quantitative estimate of drug-likeness (QED) is 0.402. The Hall–Kier alpha value is -2.62. The maximum Gasteiger partial charge on any atom is 0.419 e. The number of anilines is 2. The fraction of sp³-hybridized carbons (Fsp3) is 0.556. The normalized spacial score (nSPS) is 22.0. The second kappa shape index (κ2) is 10.7. The van der Waals surface area contributed by atoms with Gasteiger partial charge in [0.25, 0.3) is 0 Å². The number of aromatic nitrogens is 3. The molecule has 0 saturated heterocycles. The minimum absolute atomic E-state index is 0.0623. The van der Waals surface area contributed by atoms with E-state index in [1.165, 1.54) is 6.20 Å². The van der Waals surface area contributed by atoms with E-state index in [0.717, 1.165) is 44.1 Å². The Morgan fingerprint density at radius 1 is 1.13 bits per heavy atom. The number of hydrogen-bond acceptors (Lipinski definition) is 7. The molecule has 2 aromatic heterocycles. The van der Waals surface area contributed by atoms with Gasteiger partial charge in [-0.25, -0.2) is 9.97 Å². The van der Waals surface area contributed by atoms with Crippen molar-refractivity contribution in [2.75, 3.05) is 63.9 Å². The van der Waals surface area contributed by atoms with Crippen LogP contribution < -0.4 is 15.5 Å². The Labute approximate surface area is 226 Å². The van der Waals surface area contributed by atoms with E-state index in [2.05, 4.69) is 32.2 Å². The van der Waals surface area contributed by atoms with Crippen molar-refractivity contribution in [1.82, 2.24) is 19.9 Å². The fourth-order valence-corrected chi connectivity index (χ4v) is 7.30. The molecule has 0 radical (unpaired) electrons. The van der Waals surface area contributed by atoms with E-state index >= 15 is 0 Å². The molecule has 0 amide bonds. The van der Waals surface area contributed by atoms with E-state index in [-0.39, 0.29) is 17.7 Å². The first-order chi connectivity index (χ1) is 18.4. The maximum atomic E-state index is 14.1. The van der Waals surface area contributed by atoms with Crippen LogP contribution in [0.4, 0.5) is 24.8 Å². The lowest BCUT2D eigenvalue weighted by molar-refractivity contribution is -0.137. The van der Waals surface area contributed by atoms with Crippen molar-refractivity contribution in [2.24, 2.45) is 0 Å². The summed E-state index contributed by atoms with van der Waals surface area (Å²) in [5.74, 6) is 0.173. The molecule has 8 bridgehead atoms. The molecule has 1 aliphatic carbocycles. The number of rotatable bonds is 1. The summed E-state index contributed by atoms with van der Waals surface area (Å²) in [6.07, 6.45) is 1.26. The summed E-state index contributed by atoms with van der Waals surface area (Å²) in [5, 5.41) is 4.44. The average molecular weight is 565 g/mol. The summed E-state index contributed by atoms with van der Waals surface area (Å²) < 4.78 is 61.9. The number of likely N-dealkylation sites (N-methyl/N-ethyl adjacent to an activating group) is 1. The van der Waals surface area contributed by atoms with Crippen molar-refractivity contribution >= 4 is 35.0 Å². The first-order valence-corrected chi connectivity index (χ1v) is 15.9. The third kappa shape index (κ3) is 5.81. The van der Waals surface area contributed by atoms with Gasteiger partial charge < -0.3 is 29.4 Å². The Morgan fingerprint density at radius 2 is 1.92 bits per heavy atom. The van der Waals surface area contributed by atoms with Crippen LogP contribution in [0.2, 0.25) is 0 Å². The lowest BCUT2D eigenvalue weighted by Crippen LogP contribution is -2.34. The van der Waals surface area contributed by atoms with Crippen molar-refractivity contribution in [1.29, 1.82) is 0 Å². The highest BCUT2D eigenvalue weighted by Gasteiger charge is 2.37. The van der Waals surface area contributed by atoms with Gasteiger partial charge in [-0.15, -0.1) is 0 Å². The predicted octanol–water partition coefficient (Wildman–Crippen LogP) is 5.01. The van der Waals surface area contributed by atoms with Gasteiger partial charge in [0, 0.05) is 67.9 Å². The molecule has 39 heavy (non-hydrogen) atoms. The monoisotopic (exact) mass is 564 g/mol. The molecule has 1 saturated carbocycles. The number of nitrogens with zero attached hydrogens (tertiary/aromatic N) is 4. The molecule has 8 nitrogen and oxygen atoms in total. The number of fused-ring (bicyclic) bond motifs is 8. The standard InChI is InChI=1S/C27H36F3N6O2P/c1-35-11-13-38-12-5-10-36(2)22-9-8-19-20(15-31-24(19)25(22)39(3,4)37)23-21(27(28,29)30)16-32-26(34-23)33-17-6-7-18(35)14-17/h8-9,15-18,31H,5-7,10-14H2,1-4H3,(H,32,33,34)/t17-,18-/m0/s1. The van der Waals surface area contributed by atoms with Gasteiger partial charge in [0.1, 0.15) is 12.7 Å². The number of ether oxygens (including phenoxy) is 1. The van der Waals surface area contributed by atoms with Crippen LogP contribution in [0.25, 0.3) is 22.2 Å². The first-order valence-electron chi connectivity index (χ1n) is 13.3. The third-order valence-electron chi connectivity index (χ3n) is 7.84. The molecular formula is C27H36F3N6O2P. The fourth-order valence-electron chi connectivity index (χ4n) is 5.78. The Balaban J connectivity index is 1.65. The number of alkyl halides is 3. The van der Waals surface area contributed by atoms with Crippen LogP contribution >= 0.6 is 7.14 Å². The van der Waals surface area contributed by atoms with E-state index < -0.39 is 18.9 Å². The minimum Gasteiger partial charge on any atom is -0.380 e. The molecule has 2 N–H and O–H groups in total. The second-order valence-electron chi connectivity index (χ2n) is 11.0. The number of benzene rings is 1. The van der Waals surface area contributed by atoms with Crippen LogP contribution in [0.5, 0.6) is 0 Å². The highest BCUT2D eigenvalue weighted by atomic mass is 31.2. The van der Waals surface area contributed by atoms with E-state index in [9.17, 15) is 17.7 Å². The second-order valence-corrected chi connectivity index (χ2v) is 14.2. The molecule has 12 heteroatoms. The Bertz CT molecular complexity index is 1390. The van der Waals surface area contributed by atoms with Gasteiger partial charge in [0.05, 0.1) is 23.1 Å². The van der Waals surface area contributed by atoms with Crippen LogP contribution in [0.1, 0.15) is 31.2 Å². The molecule has 3 aromatic rings. The molecule has 3 aliphatic rings. The van der Waals surface area contributed by atoms with Crippen LogP contribution in [0.15, 0.2) is 24.5 Å². The molecule has 2 aliphatic heterocycles. The first kappa shape index (κ1) is 27.9. The van der Waals surface area contributed by atoms with Crippen LogP contribution in [-0.4, -0.2) is 85.7 Å². The summed E-state index contributed by atoms with van der Waals surface area (Å²) in [5.41, 5.74) is 0.559. The summed E-state index contributed by atoms with van der Waals surface area (Å²) in [4.78, 5) is 15.9. The molecule has 0 spiro atoms. The molecule has 2 atom stereocenters. The van der Waals surface area contributed by atoms with Crippen molar-refractivity contribution in [2.45, 2.75) is 43.9 Å². The van der Waals surface area contributed by atoms with E-state index in [4.69, 9.17) is 4.74 Å². The van der Waals surface area contributed by atoms with Crippen molar-refractivity contribution in [3.63, 3.8) is 0 Å². The largest absolute Gasteiger partial charge is 0.419 e. The van der Waals surface area contributed by atoms with Gasteiger partial charge in [0.15, 0.2) is 0 Å². The van der Waals surface area contributed by atoms with E-state index in [1.54, 1.807) is 19.4 Å². The topological polar surface area (TPSA) is 86.4 Å². The zero-order valence-electron chi connectivity index (χ0n) is 22.8. The van der Waals surface area contributed by atoms with Crippen molar-refractivity contribution < 1.29 is 22.5 Å². The summed E-state index contributed by atoms with van der Waals surface area (Å²) >= 11 is 0. The Kier molecular flexibility index (Phi) is 7.70. The Morgan fingerprint density at radius 3 is 2.67 bits per heavy atom. The molecule has 4 heterocycles. The number of H-pyrrole nitrogens is 1. The minimum atomic E-state index is -4.64. The van der Waals surface area contributed by atoms with Crippen molar-refractivity contribution in [3.8, 4) is 11.3 Å². The van der Waals surface area contributed by atoms with Gasteiger partial charge in [-0.2, -0.15) is 13.2 Å².